The van der Waals surface area contributed by atoms with Crippen molar-refractivity contribution in [3.8, 4) is 0 Å². The SMILES string of the molecule is CC(=O)c1ccc(Nc2ncnc(N3CCCC(C)C3)c2N)cc1. The van der Waals surface area contributed by atoms with Gasteiger partial charge in [-0.05, 0) is 49.9 Å². The summed E-state index contributed by atoms with van der Waals surface area (Å²) in [6.07, 6.45) is 3.94. The molecule has 2 heterocycles. The van der Waals surface area contributed by atoms with E-state index in [4.69, 9.17) is 5.73 Å². The third-order valence-corrected chi connectivity index (χ3v) is 4.37. The molecule has 6 heteroatoms. The highest BCUT2D eigenvalue weighted by atomic mass is 16.1. The van der Waals surface area contributed by atoms with E-state index in [1.807, 2.05) is 12.1 Å². The van der Waals surface area contributed by atoms with Crippen LogP contribution in [-0.4, -0.2) is 28.8 Å². The van der Waals surface area contributed by atoms with Crippen LogP contribution in [0.3, 0.4) is 0 Å². The van der Waals surface area contributed by atoms with Gasteiger partial charge in [-0.3, -0.25) is 4.79 Å². The highest BCUT2D eigenvalue weighted by molar-refractivity contribution is 5.94. The van der Waals surface area contributed by atoms with Crippen LogP contribution in [0.2, 0.25) is 0 Å². The second kappa shape index (κ2) is 6.86. The van der Waals surface area contributed by atoms with Crippen LogP contribution in [0.15, 0.2) is 30.6 Å². The number of anilines is 4. The summed E-state index contributed by atoms with van der Waals surface area (Å²) >= 11 is 0. The van der Waals surface area contributed by atoms with Crippen LogP contribution < -0.4 is 16.0 Å². The predicted molar refractivity (Wildman–Crippen MR) is 96.8 cm³/mol. The van der Waals surface area contributed by atoms with Gasteiger partial charge < -0.3 is 16.0 Å². The topological polar surface area (TPSA) is 84.1 Å². The normalized spacial score (nSPS) is 17.6. The molecule has 0 spiro atoms. The lowest BCUT2D eigenvalue weighted by atomic mass is 10.0. The molecule has 3 rings (SSSR count). The largest absolute Gasteiger partial charge is 0.393 e. The Labute approximate surface area is 142 Å². The number of nitrogens with zero attached hydrogens (tertiary/aromatic N) is 3. The van der Waals surface area contributed by atoms with Crippen molar-refractivity contribution in [1.82, 2.24) is 9.97 Å². The highest BCUT2D eigenvalue weighted by Gasteiger charge is 2.21. The predicted octanol–water partition coefficient (Wildman–Crippen LogP) is 3.24. The number of carbonyl (C=O) groups excluding carboxylic acids is 1. The van der Waals surface area contributed by atoms with Crippen molar-refractivity contribution in [2.75, 3.05) is 29.0 Å². The average Bonchev–Trinajstić information content (AvgIpc) is 2.57. The van der Waals surface area contributed by atoms with Gasteiger partial charge in [0.05, 0.1) is 0 Å². The zero-order valence-corrected chi connectivity index (χ0v) is 14.1. The summed E-state index contributed by atoms with van der Waals surface area (Å²) < 4.78 is 0. The van der Waals surface area contributed by atoms with Crippen LogP contribution in [0.4, 0.5) is 23.0 Å². The molecule has 0 saturated carbocycles. The molecular formula is C18H23N5O. The van der Waals surface area contributed by atoms with Crippen molar-refractivity contribution in [3.63, 3.8) is 0 Å². The fourth-order valence-electron chi connectivity index (χ4n) is 3.04. The third-order valence-electron chi connectivity index (χ3n) is 4.37. The average molecular weight is 325 g/mol. The van der Waals surface area contributed by atoms with Crippen LogP contribution in [0.1, 0.15) is 37.0 Å². The summed E-state index contributed by atoms with van der Waals surface area (Å²) in [5, 5.41) is 3.21. The van der Waals surface area contributed by atoms with E-state index in [9.17, 15) is 4.79 Å². The summed E-state index contributed by atoms with van der Waals surface area (Å²) in [7, 11) is 0. The molecule has 1 aliphatic heterocycles. The number of aromatic nitrogens is 2. The van der Waals surface area contributed by atoms with Crippen molar-refractivity contribution in [2.24, 2.45) is 5.92 Å². The molecule has 2 aromatic rings. The maximum atomic E-state index is 11.3. The number of Topliss-reactive ketones (excluding diaryl/α,β-unsaturated/α-hetero) is 1. The Morgan fingerprint density at radius 3 is 2.71 bits per heavy atom. The number of nitrogens with two attached hydrogens (primary N) is 1. The molecular weight excluding hydrogens is 302 g/mol. The van der Waals surface area contributed by atoms with E-state index < -0.39 is 0 Å². The highest BCUT2D eigenvalue weighted by Crippen LogP contribution is 2.31. The fraction of sp³-hybridized carbons (Fsp3) is 0.389. The molecule has 1 fully saturated rings. The van der Waals surface area contributed by atoms with E-state index in [-0.39, 0.29) is 5.78 Å². The molecule has 1 atom stereocenters. The van der Waals surface area contributed by atoms with E-state index in [0.717, 1.165) is 31.0 Å². The number of nitrogens with one attached hydrogen (secondary N) is 1. The molecule has 1 aromatic heterocycles. The van der Waals surface area contributed by atoms with Crippen LogP contribution in [0, 0.1) is 5.92 Å². The number of hydrogen-bond acceptors (Lipinski definition) is 6. The number of ketones is 1. The number of benzene rings is 1. The lowest BCUT2D eigenvalue weighted by Gasteiger charge is -2.32. The first-order chi connectivity index (χ1) is 11.5. The third kappa shape index (κ3) is 3.48. The van der Waals surface area contributed by atoms with Crippen molar-refractivity contribution >= 4 is 28.8 Å². The zero-order chi connectivity index (χ0) is 17.1. The van der Waals surface area contributed by atoms with Crippen LogP contribution in [0.5, 0.6) is 0 Å². The Morgan fingerprint density at radius 2 is 2.04 bits per heavy atom. The molecule has 126 valence electrons. The molecule has 6 nitrogen and oxygen atoms in total. The van der Waals surface area contributed by atoms with Gasteiger partial charge in [-0.15, -0.1) is 0 Å². The lowest BCUT2D eigenvalue weighted by molar-refractivity contribution is 0.101. The molecule has 0 amide bonds. The van der Waals surface area contributed by atoms with E-state index in [1.54, 1.807) is 19.1 Å². The summed E-state index contributed by atoms with van der Waals surface area (Å²) in [6, 6.07) is 7.27. The van der Waals surface area contributed by atoms with E-state index in [0.29, 0.717) is 23.0 Å². The lowest BCUT2D eigenvalue weighted by Crippen LogP contribution is -2.35. The second-order valence-corrected chi connectivity index (χ2v) is 6.41. The van der Waals surface area contributed by atoms with Gasteiger partial charge in [-0.1, -0.05) is 6.92 Å². The molecule has 0 radical (unpaired) electrons. The Hall–Kier alpha value is -2.63. The van der Waals surface area contributed by atoms with Crippen LogP contribution >= 0.6 is 0 Å². The number of piperidine rings is 1. The van der Waals surface area contributed by atoms with Gasteiger partial charge in [0, 0.05) is 24.3 Å². The quantitative estimate of drug-likeness (QED) is 0.840. The van der Waals surface area contributed by atoms with E-state index in [2.05, 4.69) is 27.1 Å². The molecule has 1 aromatic carbocycles. The van der Waals surface area contributed by atoms with Crippen molar-refractivity contribution in [1.29, 1.82) is 0 Å². The zero-order valence-electron chi connectivity index (χ0n) is 14.1. The van der Waals surface area contributed by atoms with Gasteiger partial charge in [-0.2, -0.15) is 0 Å². The molecule has 1 unspecified atom stereocenters. The number of nitrogen functional groups attached to an aromatic ring is 1. The summed E-state index contributed by atoms with van der Waals surface area (Å²) in [4.78, 5) is 22.2. The Morgan fingerprint density at radius 1 is 1.29 bits per heavy atom. The second-order valence-electron chi connectivity index (χ2n) is 6.41. The molecule has 1 saturated heterocycles. The smallest absolute Gasteiger partial charge is 0.159 e. The molecule has 0 bridgehead atoms. The number of hydrogen-bond donors (Lipinski definition) is 2. The van der Waals surface area contributed by atoms with E-state index >= 15 is 0 Å². The number of rotatable bonds is 4. The van der Waals surface area contributed by atoms with Crippen LogP contribution in [0.25, 0.3) is 0 Å². The van der Waals surface area contributed by atoms with Gasteiger partial charge in [0.15, 0.2) is 17.4 Å². The standard InChI is InChI=1S/C18H23N5O/c1-12-4-3-9-23(10-12)18-16(19)17(20-11-21-18)22-15-7-5-14(6-8-15)13(2)24/h5-8,11-12H,3-4,9-10,19H2,1-2H3,(H,20,21,22). The Balaban J connectivity index is 1.81. The monoisotopic (exact) mass is 325 g/mol. The Bertz CT molecular complexity index is 729. The van der Waals surface area contributed by atoms with Gasteiger partial charge >= 0.3 is 0 Å². The minimum absolute atomic E-state index is 0.0459. The molecule has 24 heavy (non-hydrogen) atoms. The Kier molecular flexibility index (Phi) is 4.64. The molecule has 1 aliphatic rings. The summed E-state index contributed by atoms with van der Waals surface area (Å²) in [6.45, 7) is 5.74. The summed E-state index contributed by atoms with van der Waals surface area (Å²) in [5.74, 6) is 2.07. The van der Waals surface area contributed by atoms with Gasteiger partial charge in [-0.25, -0.2) is 9.97 Å². The number of carbonyl (C=O) groups is 1. The maximum Gasteiger partial charge on any atom is 0.159 e. The van der Waals surface area contributed by atoms with E-state index in [1.165, 1.54) is 12.7 Å². The van der Waals surface area contributed by atoms with Gasteiger partial charge in [0.1, 0.15) is 12.0 Å². The minimum Gasteiger partial charge on any atom is -0.393 e. The fourth-order valence-corrected chi connectivity index (χ4v) is 3.04. The van der Waals surface area contributed by atoms with Crippen molar-refractivity contribution in [3.05, 3.63) is 36.2 Å². The molecule has 3 N–H and O–H groups in total. The summed E-state index contributed by atoms with van der Waals surface area (Å²) in [5.41, 5.74) is 8.38. The van der Waals surface area contributed by atoms with Crippen molar-refractivity contribution < 1.29 is 4.79 Å². The maximum absolute atomic E-state index is 11.3. The first-order valence-electron chi connectivity index (χ1n) is 8.28. The van der Waals surface area contributed by atoms with Gasteiger partial charge in [0.2, 0.25) is 0 Å². The minimum atomic E-state index is 0.0459. The van der Waals surface area contributed by atoms with Gasteiger partial charge in [0.25, 0.3) is 0 Å². The first kappa shape index (κ1) is 16.2. The van der Waals surface area contributed by atoms with Crippen molar-refractivity contribution in [2.45, 2.75) is 26.7 Å². The first-order valence-corrected chi connectivity index (χ1v) is 8.28. The molecule has 0 aliphatic carbocycles. The van der Waals surface area contributed by atoms with Crippen LogP contribution in [-0.2, 0) is 0 Å².